The predicted octanol–water partition coefficient (Wildman–Crippen LogP) is 4.62. The molecule has 0 unspecified atom stereocenters. The third kappa shape index (κ3) is 4.12. The molecule has 4 aromatic rings. The van der Waals surface area contributed by atoms with Gasteiger partial charge in [0.05, 0.1) is 17.1 Å². The van der Waals surface area contributed by atoms with E-state index in [1.165, 1.54) is 23.3 Å². The summed E-state index contributed by atoms with van der Waals surface area (Å²) < 4.78 is 15.3. The van der Waals surface area contributed by atoms with Crippen molar-refractivity contribution in [3.05, 3.63) is 88.6 Å². The van der Waals surface area contributed by atoms with Crippen LogP contribution >= 0.6 is 0 Å². The van der Waals surface area contributed by atoms with Crippen molar-refractivity contribution >= 4 is 0 Å². The van der Waals surface area contributed by atoms with E-state index in [1.54, 1.807) is 12.1 Å². The predicted molar refractivity (Wildman–Crippen MR) is 112 cm³/mol. The molecule has 5 nitrogen and oxygen atoms in total. The van der Waals surface area contributed by atoms with E-state index in [2.05, 4.69) is 34.6 Å². The lowest BCUT2D eigenvalue weighted by atomic mass is 10.1. The van der Waals surface area contributed by atoms with Crippen LogP contribution in [-0.2, 0) is 13.1 Å². The molecule has 4 rings (SSSR count). The van der Waals surface area contributed by atoms with Gasteiger partial charge in [-0.2, -0.15) is 10.2 Å². The second-order valence-electron chi connectivity index (χ2n) is 7.31. The number of nitrogens with zero attached hydrogens (tertiary/aromatic N) is 3. The molecule has 0 aliphatic rings. The number of aromatic amines is 1. The Kier molecular flexibility index (Phi) is 5.27. The van der Waals surface area contributed by atoms with Gasteiger partial charge >= 0.3 is 0 Å². The zero-order valence-corrected chi connectivity index (χ0v) is 16.8. The molecule has 0 fully saturated rings. The maximum Gasteiger partial charge on any atom is 0.123 e. The summed E-state index contributed by atoms with van der Waals surface area (Å²) >= 11 is 0. The van der Waals surface area contributed by atoms with Crippen molar-refractivity contribution in [1.29, 1.82) is 0 Å². The van der Waals surface area contributed by atoms with Crippen molar-refractivity contribution in [3.8, 4) is 16.9 Å². The van der Waals surface area contributed by atoms with Crippen molar-refractivity contribution in [2.45, 2.75) is 33.9 Å². The molecular formula is C23H24FN5. The van der Waals surface area contributed by atoms with Gasteiger partial charge in [0, 0.05) is 41.7 Å². The zero-order chi connectivity index (χ0) is 20.4. The molecule has 0 saturated heterocycles. The van der Waals surface area contributed by atoms with E-state index < -0.39 is 0 Å². The molecule has 0 saturated carbocycles. The minimum absolute atomic E-state index is 0.252. The molecule has 0 radical (unpaired) electrons. The summed E-state index contributed by atoms with van der Waals surface area (Å²) in [6.07, 6.45) is 2.03. The molecule has 0 spiro atoms. The number of rotatable bonds is 6. The molecule has 2 heterocycles. The molecule has 6 heteroatoms. The Hall–Kier alpha value is -3.25. The summed E-state index contributed by atoms with van der Waals surface area (Å²) in [6.45, 7) is 7.44. The van der Waals surface area contributed by atoms with Gasteiger partial charge < -0.3 is 5.32 Å². The van der Waals surface area contributed by atoms with Crippen LogP contribution in [0.2, 0.25) is 0 Å². The van der Waals surface area contributed by atoms with Crippen LogP contribution in [0.4, 0.5) is 4.39 Å². The van der Waals surface area contributed by atoms with Gasteiger partial charge in [-0.1, -0.05) is 17.7 Å². The van der Waals surface area contributed by atoms with Crippen LogP contribution in [0.25, 0.3) is 16.9 Å². The zero-order valence-electron chi connectivity index (χ0n) is 16.8. The van der Waals surface area contributed by atoms with E-state index in [0.717, 1.165) is 33.9 Å². The molecule has 0 amide bonds. The third-order valence-corrected chi connectivity index (χ3v) is 5.10. The molecule has 148 valence electrons. The Bertz CT molecular complexity index is 1090. The molecule has 0 aliphatic heterocycles. The summed E-state index contributed by atoms with van der Waals surface area (Å²) in [5.74, 6) is -0.252. The maximum absolute atomic E-state index is 13.4. The fraction of sp³-hybridized carbons (Fsp3) is 0.217. The lowest BCUT2D eigenvalue weighted by molar-refractivity contribution is 0.628. The van der Waals surface area contributed by atoms with E-state index in [4.69, 9.17) is 5.10 Å². The van der Waals surface area contributed by atoms with Crippen molar-refractivity contribution in [2.24, 2.45) is 0 Å². The van der Waals surface area contributed by atoms with Crippen LogP contribution in [0.15, 0.2) is 54.7 Å². The van der Waals surface area contributed by atoms with E-state index in [1.807, 2.05) is 36.9 Å². The van der Waals surface area contributed by atoms with Crippen molar-refractivity contribution in [2.75, 3.05) is 0 Å². The number of aryl methyl sites for hydroxylation is 3. The number of nitrogens with one attached hydrogen (secondary N) is 2. The van der Waals surface area contributed by atoms with E-state index in [-0.39, 0.29) is 5.82 Å². The van der Waals surface area contributed by atoms with Gasteiger partial charge in [-0.15, -0.1) is 0 Å². The molecular weight excluding hydrogens is 365 g/mol. The van der Waals surface area contributed by atoms with Crippen LogP contribution in [0, 0.1) is 26.6 Å². The van der Waals surface area contributed by atoms with Gasteiger partial charge in [0.1, 0.15) is 5.82 Å². The summed E-state index contributed by atoms with van der Waals surface area (Å²) in [5, 5.41) is 15.6. The Morgan fingerprint density at radius 2 is 1.69 bits per heavy atom. The first-order valence-electron chi connectivity index (χ1n) is 9.64. The van der Waals surface area contributed by atoms with Crippen molar-refractivity contribution in [3.63, 3.8) is 0 Å². The normalized spacial score (nSPS) is 11.2. The first-order chi connectivity index (χ1) is 14.0. The monoisotopic (exact) mass is 389 g/mol. The lowest BCUT2D eigenvalue weighted by Crippen LogP contribution is -2.14. The Morgan fingerprint density at radius 1 is 0.966 bits per heavy atom. The minimum Gasteiger partial charge on any atom is -0.308 e. The topological polar surface area (TPSA) is 58.5 Å². The van der Waals surface area contributed by atoms with Gasteiger partial charge in [-0.3, -0.25) is 5.10 Å². The molecule has 0 bridgehead atoms. The number of benzene rings is 2. The third-order valence-electron chi connectivity index (χ3n) is 5.10. The molecule has 2 aromatic carbocycles. The average molecular weight is 389 g/mol. The quantitative estimate of drug-likeness (QED) is 0.506. The highest BCUT2D eigenvalue weighted by Gasteiger charge is 2.13. The highest BCUT2D eigenvalue weighted by molar-refractivity contribution is 5.63. The molecule has 2 aromatic heterocycles. The molecule has 0 aliphatic carbocycles. The highest BCUT2D eigenvalue weighted by atomic mass is 19.1. The lowest BCUT2D eigenvalue weighted by Gasteiger charge is -2.06. The summed E-state index contributed by atoms with van der Waals surface area (Å²) in [5.41, 5.74) is 8.24. The second kappa shape index (κ2) is 8.01. The van der Waals surface area contributed by atoms with Gasteiger partial charge in [0.25, 0.3) is 0 Å². The van der Waals surface area contributed by atoms with Gasteiger partial charge in [0.15, 0.2) is 0 Å². The minimum atomic E-state index is -0.252. The van der Waals surface area contributed by atoms with E-state index in [9.17, 15) is 4.39 Å². The van der Waals surface area contributed by atoms with Crippen LogP contribution in [0.1, 0.15) is 28.1 Å². The summed E-state index contributed by atoms with van der Waals surface area (Å²) in [4.78, 5) is 0. The Labute approximate surface area is 169 Å². The fourth-order valence-corrected chi connectivity index (χ4v) is 3.38. The van der Waals surface area contributed by atoms with Gasteiger partial charge in [-0.25, -0.2) is 9.07 Å². The largest absolute Gasteiger partial charge is 0.308 e. The molecule has 2 N–H and O–H groups in total. The van der Waals surface area contributed by atoms with Gasteiger partial charge in [-0.05, 0) is 57.2 Å². The SMILES string of the molecule is Cc1ccc(-n2cc(CNCc3c(C)n[nH]c3C)c(-c3ccc(F)cc3)n2)cc1. The molecule has 0 atom stereocenters. The highest BCUT2D eigenvalue weighted by Crippen LogP contribution is 2.24. The number of hydrogen-bond acceptors (Lipinski definition) is 3. The maximum atomic E-state index is 13.4. The standard InChI is InChI=1S/C23H24FN5/c1-15-4-10-21(11-5-15)29-14-19(12-25-13-22-16(2)26-27-17(22)3)23(28-29)18-6-8-20(24)9-7-18/h4-11,14,25H,12-13H2,1-3H3,(H,26,27). The van der Waals surface area contributed by atoms with E-state index in [0.29, 0.717) is 13.1 Å². The number of aromatic nitrogens is 4. The summed E-state index contributed by atoms with van der Waals surface area (Å²) in [6, 6.07) is 14.7. The smallest absolute Gasteiger partial charge is 0.123 e. The first-order valence-corrected chi connectivity index (χ1v) is 9.64. The van der Waals surface area contributed by atoms with Crippen LogP contribution in [0.5, 0.6) is 0 Å². The Balaban J connectivity index is 1.63. The number of hydrogen-bond donors (Lipinski definition) is 2. The number of halogens is 1. The molecule has 29 heavy (non-hydrogen) atoms. The van der Waals surface area contributed by atoms with Crippen molar-refractivity contribution in [1.82, 2.24) is 25.3 Å². The fourth-order valence-electron chi connectivity index (χ4n) is 3.38. The van der Waals surface area contributed by atoms with Gasteiger partial charge in [0.2, 0.25) is 0 Å². The first kappa shape index (κ1) is 19.1. The Morgan fingerprint density at radius 3 is 2.34 bits per heavy atom. The average Bonchev–Trinajstić information content (AvgIpc) is 3.27. The van der Waals surface area contributed by atoms with Crippen LogP contribution in [0.3, 0.4) is 0 Å². The second-order valence-corrected chi connectivity index (χ2v) is 7.31. The number of H-pyrrole nitrogens is 1. The van der Waals surface area contributed by atoms with Crippen LogP contribution in [-0.4, -0.2) is 20.0 Å². The summed E-state index contributed by atoms with van der Waals surface area (Å²) in [7, 11) is 0. The van der Waals surface area contributed by atoms with E-state index >= 15 is 0 Å². The van der Waals surface area contributed by atoms with Crippen molar-refractivity contribution < 1.29 is 4.39 Å². The van der Waals surface area contributed by atoms with Crippen LogP contribution < -0.4 is 5.32 Å².